The average molecular weight is 460 g/mol. The maximum atomic E-state index is 13.0. The van der Waals surface area contributed by atoms with Crippen LogP contribution in [0.1, 0.15) is 30.1 Å². The molecule has 172 valence electrons. The van der Waals surface area contributed by atoms with Crippen LogP contribution in [-0.4, -0.2) is 86.0 Å². The third kappa shape index (κ3) is 5.51. The van der Waals surface area contributed by atoms with Crippen molar-refractivity contribution in [1.82, 2.24) is 14.1 Å². The molecular formula is C20H27F2N3O5S. The topological polar surface area (TPSA) is 87.2 Å². The summed E-state index contributed by atoms with van der Waals surface area (Å²) in [4.78, 5) is 29.1. The van der Waals surface area contributed by atoms with Gasteiger partial charge in [-0.1, -0.05) is 12.1 Å². The van der Waals surface area contributed by atoms with Gasteiger partial charge in [0.15, 0.2) is 0 Å². The second-order valence-corrected chi connectivity index (χ2v) is 9.85. The minimum Gasteiger partial charge on any atom is -0.434 e. The van der Waals surface area contributed by atoms with Crippen LogP contribution in [0.25, 0.3) is 0 Å². The summed E-state index contributed by atoms with van der Waals surface area (Å²) in [5.74, 6) is -1.13. The number of hydrogen-bond donors (Lipinski definition) is 0. The molecule has 8 nitrogen and oxygen atoms in total. The molecule has 0 aliphatic carbocycles. The zero-order valence-corrected chi connectivity index (χ0v) is 18.2. The van der Waals surface area contributed by atoms with Gasteiger partial charge in [0, 0.05) is 39.3 Å². The largest absolute Gasteiger partial charge is 0.434 e. The molecule has 2 aliphatic heterocycles. The molecule has 2 heterocycles. The second kappa shape index (κ2) is 9.90. The van der Waals surface area contributed by atoms with Crippen LogP contribution in [0.2, 0.25) is 0 Å². The molecule has 2 amide bonds. The first-order valence-electron chi connectivity index (χ1n) is 10.3. The van der Waals surface area contributed by atoms with E-state index in [1.165, 1.54) is 27.4 Å². The smallest absolute Gasteiger partial charge is 0.387 e. The van der Waals surface area contributed by atoms with Crippen molar-refractivity contribution in [2.24, 2.45) is 5.92 Å². The zero-order chi connectivity index (χ0) is 22.6. The lowest BCUT2D eigenvalue weighted by Gasteiger charge is -2.38. The van der Waals surface area contributed by atoms with Crippen molar-refractivity contribution in [2.75, 3.05) is 45.0 Å². The van der Waals surface area contributed by atoms with Crippen LogP contribution in [-0.2, 0) is 14.8 Å². The summed E-state index contributed by atoms with van der Waals surface area (Å²) >= 11 is 0. The lowest BCUT2D eigenvalue weighted by molar-refractivity contribution is -0.138. The third-order valence-electron chi connectivity index (χ3n) is 5.70. The van der Waals surface area contributed by atoms with Gasteiger partial charge in [-0.05, 0) is 31.9 Å². The Kier molecular flexibility index (Phi) is 7.47. The minimum absolute atomic E-state index is 0.0252. The summed E-state index contributed by atoms with van der Waals surface area (Å²) in [7, 11) is -3.28. The molecule has 1 aromatic carbocycles. The summed E-state index contributed by atoms with van der Waals surface area (Å²) in [6.07, 6.45) is 1.23. The highest BCUT2D eigenvalue weighted by molar-refractivity contribution is 7.89. The van der Waals surface area contributed by atoms with Crippen molar-refractivity contribution < 1.29 is 31.5 Å². The van der Waals surface area contributed by atoms with Gasteiger partial charge in [-0.25, -0.2) is 8.42 Å². The Morgan fingerprint density at radius 1 is 1.10 bits per heavy atom. The molecule has 3 rings (SSSR count). The van der Waals surface area contributed by atoms with Gasteiger partial charge in [0.25, 0.3) is 5.91 Å². The SMILES string of the molecule is CCS(=O)(=O)N1CCN(C(=O)C2CCCN(C(=O)c3ccccc3OC(F)F)C2)CC1. The van der Waals surface area contributed by atoms with E-state index < -0.39 is 28.5 Å². The van der Waals surface area contributed by atoms with Crippen molar-refractivity contribution in [3.63, 3.8) is 0 Å². The van der Waals surface area contributed by atoms with E-state index in [1.807, 2.05) is 0 Å². The molecule has 0 spiro atoms. The van der Waals surface area contributed by atoms with Crippen LogP contribution < -0.4 is 4.74 Å². The molecule has 0 bridgehead atoms. The van der Waals surface area contributed by atoms with Crippen LogP contribution >= 0.6 is 0 Å². The number of amides is 2. The zero-order valence-electron chi connectivity index (χ0n) is 17.4. The van der Waals surface area contributed by atoms with Crippen LogP contribution in [0.15, 0.2) is 24.3 Å². The molecule has 2 fully saturated rings. The number of carbonyl (C=O) groups is 2. The molecule has 1 aromatic rings. The molecule has 2 saturated heterocycles. The number of para-hydroxylation sites is 1. The highest BCUT2D eigenvalue weighted by atomic mass is 32.2. The van der Waals surface area contributed by atoms with Gasteiger partial charge < -0.3 is 14.5 Å². The van der Waals surface area contributed by atoms with E-state index >= 15 is 0 Å². The molecule has 31 heavy (non-hydrogen) atoms. The van der Waals surface area contributed by atoms with Crippen molar-refractivity contribution >= 4 is 21.8 Å². The Morgan fingerprint density at radius 2 is 1.77 bits per heavy atom. The number of alkyl halides is 2. The third-order valence-corrected chi connectivity index (χ3v) is 7.58. The van der Waals surface area contributed by atoms with E-state index in [0.29, 0.717) is 32.5 Å². The molecule has 1 unspecified atom stereocenters. The number of halogens is 2. The number of benzene rings is 1. The van der Waals surface area contributed by atoms with E-state index in [1.54, 1.807) is 17.9 Å². The summed E-state index contributed by atoms with van der Waals surface area (Å²) in [6, 6.07) is 5.83. The van der Waals surface area contributed by atoms with Gasteiger partial charge in [-0.15, -0.1) is 0 Å². The van der Waals surface area contributed by atoms with Crippen LogP contribution in [0.5, 0.6) is 5.75 Å². The fourth-order valence-electron chi connectivity index (χ4n) is 4.00. The number of carbonyl (C=O) groups excluding carboxylic acids is 2. The monoisotopic (exact) mass is 459 g/mol. The van der Waals surface area contributed by atoms with E-state index in [4.69, 9.17) is 0 Å². The molecule has 0 aromatic heterocycles. The normalized spacial score (nSPS) is 20.7. The molecule has 0 N–H and O–H groups in total. The maximum absolute atomic E-state index is 13.0. The van der Waals surface area contributed by atoms with Gasteiger partial charge >= 0.3 is 6.61 Å². The summed E-state index contributed by atoms with van der Waals surface area (Å²) in [5.41, 5.74) is 0.0364. The first-order chi connectivity index (χ1) is 14.7. The lowest BCUT2D eigenvalue weighted by atomic mass is 9.95. The van der Waals surface area contributed by atoms with Gasteiger partial charge in [-0.3, -0.25) is 9.59 Å². The van der Waals surface area contributed by atoms with Gasteiger partial charge in [0.2, 0.25) is 15.9 Å². The van der Waals surface area contributed by atoms with Crippen molar-refractivity contribution in [3.05, 3.63) is 29.8 Å². The standard InChI is InChI=1S/C20H27F2N3O5S/c1-2-31(28,29)25-12-10-23(11-13-25)18(26)15-6-5-9-24(14-15)19(27)16-7-3-4-8-17(16)30-20(21)22/h3-4,7-8,15,20H,2,5-6,9-14H2,1H3. The summed E-state index contributed by atoms with van der Waals surface area (Å²) in [6.45, 7) is 0.305. The Hall–Kier alpha value is -2.27. The molecule has 2 aliphatic rings. The van der Waals surface area contributed by atoms with Crippen molar-refractivity contribution in [2.45, 2.75) is 26.4 Å². The van der Waals surface area contributed by atoms with Crippen LogP contribution in [0, 0.1) is 5.92 Å². The second-order valence-electron chi connectivity index (χ2n) is 7.59. The van der Waals surface area contributed by atoms with E-state index in [0.717, 1.165) is 0 Å². The van der Waals surface area contributed by atoms with Gasteiger partial charge in [0.05, 0.1) is 17.2 Å². The van der Waals surface area contributed by atoms with E-state index in [2.05, 4.69) is 4.74 Å². The lowest BCUT2D eigenvalue weighted by Crippen LogP contribution is -2.54. The average Bonchev–Trinajstić information content (AvgIpc) is 2.78. The minimum atomic E-state index is -3.28. The van der Waals surface area contributed by atoms with Crippen LogP contribution in [0.3, 0.4) is 0 Å². The molecular weight excluding hydrogens is 432 g/mol. The predicted molar refractivity (Wildman–Crippen MR) is 109 cm³/mol. The van der Waals surface area contributed by atoms with E-state index in [-0.39, 0.29) is 42.6 Å². The number of piperazine rings is 1. The highest BCUT2D eigenvalue weighted by Gasteiger charge is 2.35. The Morgan fingerprint density at radius 3 is 2.42 bits per heavy atom. The molecule has 0 saturated carbocycles. The number of ether oxygens (including phenoxy) is 1. The summed E-state index contributed by atoms with van der Waals surface area (Å²) in [5, 5.41) is 0. The fourth-order valence-corrected chi connectivity index (χ4v) is 5.09. The number of hydrogen-bond acceptors (Lipinski definition) is 5. The number of sulfonamides is 1. The van der Waals surface area contributed by atoms with Gasteiger partial charge in [-0.2, -0.15) is 13.1 Å². The number of nitrogens with zero attached hydrogens (tertiary/aromatic N) is 3. The highest BCUT2D eigenvalue weighted by Crippen LogP contribution is 2.26. The number of rotatable bonds is 6. The van der Waals surface area contributed by atoms with Crippen molar-refractivity contribution in [1.29, 1.82) is 0 Å². The fraction of sp³-hybridized carbons (Fsp3) is 0.600. The Balaban J connectivity index is 1.63. The predicted octanol–water partition coefficient (Wildman–Crippen LogP) is 1.63. The molecule has 0 radical (unpaired) electrons. The molecule has 1 atom stereocenters. The Bertz CT molecular complexity index is 904. The first-order valence-corrected chi connectivity index (χ1v) is 11.9. The quantitative estimate of drug-likeness (QED) is 0.646. The summed E-state index contributed by atoms with van der Waals surface area (Å²) < 4.78 is 55.2. The van der Waals surface area contributed by atoms with E-state index in [9.17, 15) is 26.8 Å². The Labute approximate surface area is 180 Å². The number of likely N-dealkylation sites (tertiary alicyclic amines) is 1. The molecule has 11 heteroatoms. The first kappa shape index (κ1) is 23.4. The van der Waals surface area contributed by atoms with Crippen LogP contribution in [0.4, 0.5) is 8.78 Å². The van der Waals surface area contributed by atoms with Crippen molar-refractivity contribution in [3.8, 4) is 5.75 Å². The number of piperidine rings is 1. The van der Waals surface area contributed by atoms with Gasteiger partial charge in [0.1, 0.15) is 5.75 Å². The maximum Gasteiger partial charge on any atom is 0.387 e.